The van der Waals surface area contributed by atoms with Crippen LogP contribution in [0.25, 0.3) is 173 Å². The van der Waals surface area contributed by atoms with Gasteiger partial charge in [0.15, 0.2) is 18.6 Å². The fourth-order valence-electron chi connectivity index (χ4n) is 14.3. The monoisotopic (exact) mass is 2180 g/mol. The Balaban J connectivity index is 0.000000120. The van der Waals surface area contributed by atoms with Gasteiger partial charge < -0.3 is 30.2 Å². The van der Waals surface area contributed by atoms with Crippen molar-refractivity contribution < 1.29 is 74.0 Å². The second kappa shape index (κ2) is 38.3. The van der Waals surface area contributed by atoms with Gasteiger partial charge in [-0.25, -0.2) is 13.7 Å². The molecule has 0 spiro atoms. The molecule has 0 saturated heterocycles. The third-order valence-electron chi connectivity index (χ3n) is 20.5. The van der Waals surface area contributed by atoms with Gasteiger partial charge in [0.25, 0.3) is 0 Å². The number of aromatic nitrogens is 15. The van der Waals surface area contributed by atoms with E-state index < -0.39 is 0 Å². The van der Waals surface area contributed by atoms with E-state index in [-0.39, 0.29) is 65.7 Å². The molecule has 12 aromatic heterocycles. The number of hydrogen-bond acceptors (Lipinski definition) is 12. The Morgan fingerprint density at radius 3 is 0.975 bits per heavy atom. The summed E-state index contributed by atoms with van der Waals surface area (Å²) in [5.41, 5.74) is 16.8. The summed E-state index contributed by atoms with van der Waals surface area (Å²) in [4.78, 5) is 27.7. The number of rotatable bonds is 7. The van der Waals surface area contributed by atoms with E-state index in [9.17, 15) is 0 Å². The molecule has 10 aromatic carbocycles. The van der Waals surface area contributed by atoms with E-state index >= 15 is 0 Å². The first kappa shape index (κ1) is 86.3. The van der Waals surface area contributed by atoms with E-state index in [4.69, 9.17) is 15.0 Å². The zero-order valence-electron chi connectivity index (χ0n) is 68.3. The number of para-hydroxylation sites is 3. The number of aryl methyl sites for hydroxylation is 7. The Labute approximate surface area is 759 Å². The smallest absolute Gasteiger partial charge is 0.205 e. The first-order valence-corrected chi connectivity index (χ1v) is 41.5. The van der Waals surface area contributed by atoms with E-state index in [0.29, 0.717) is 29.1 Å². The van der Waals surface area contributed by atoms with Crippen LogP contribution in [0.15, 0.2) is 304 Å². The van der Waals surface area contributed by atoms with E-state index in [2.05, 4.69) is 287 Å². The van der Waals surface area contributed by atoms with Crippen molar-refractivity contribution in [2.75, 3.05) is 0 Å². The Morgan fingerprint density at radius 2 is 0.623 bits per heavy atom. The summed E-state index contributed by atoms with van der Waals surface area (Å²) in [7, 11) is 5.90. The molecule has 0 bridgehead atoms. The van der Waals surface area contributed by atoms with Crippen LogP contribution in [0.5, 0.6) is 0 Å². The van der Waals surface area contributed by atoms with Crippen molar-refractivity contribution in [1.29, 1.82) is 0 Å². The van der Waals surface area contributed by atoms with Crippen molar-refractivity contribution in [2.45, 2.75) is 53.9 Å². The molecule has 0 unspecified atom stereocenters. The van der Waals surface area contributed by atoms with E-state index in [1.165, 1.54) is 93.4 Å². The van der Waals surface area contributed by atoms with Gasteiger partial charge in [0, 0.05) is 162 Å². The topological polar surface area (TPSA) is 170 Å². The Morgan fingerprint density at radius 1 is 0.303 bits per heavy atom. The first-order chi connectivity index (χ1) is 58.0. The fraction of sp³-hybridized carbons (Fsp3) is 0.109. The third-order valence-corrected chi connectivity index (χ3v) is 23.9. The molecular weight excluding hydrogens is 2100 g/mol. The molecule has 12 heterocycles. The van der Waals surface area contributed by atoms with Gasteiger partial charge in [-0.1, -0.05) is 195 Å². The third kappa shape index (κ3) is 19.0. The summed E-state index contributed by atoms with van der Waals surface area (Å²) < 4.78 is 13.8. The maximum Gasteiger partial charge on any atom is 0.205 e. The van der Waals surface area contributed by atoms with Gasteiger partial charge in [-0.15, -0.1) is 71.3 Å². The van der Waals surface area contributed by atoms with Gasteiger partial charge in [0.05, 0.1) is 22.4 Å². The van der Waals surface area contributed by atoms with E-state index in [0.717, 1.165) is 78.8 Å². The predicted molar refractivity (Wildman–Crippen MR) is 486 cm³/mol. The molecule has 0 aliphatic rings. The average Bonchev–Trinajstić information content (AvgIpc) is 1.55. The van der Waals surface area contributed by atoms with E-state index in [1.807, 2.05) is 197 Å². The number of thiophene rings is 3. The minimum Gasteiger partial charge on any atom is -0.417 e. The second-order valence-corrected chi connectivity index (χ2v) is 33.3. The van der Waals surface area contributed by atoms with Crippen LogP contribution in [0.4, 0.5) is 0 Å². The van der Waals surface area contributed by atoms with Crippen LogP contribution < -0.4 is 29.0 Å². The van der Waals surface area contributed by atoms with Crippen molar-refractivity contribution in [2.24, 2.45) is 21.1 Å². The largest absolute Gasteiger partial charge is 0.417 e. The molecule has 0 aliphatic heterocycles. The van der Waals surface area contributed by atoms with Gasteiger partial charge in [0.1, 0.15) is 21.1 Å². The quantitative estimate of drug-likeness (QED) is 0.109. The SMILES string of the molecule is C[n+]1ccccc1-c1nc(-c2ccccc2)n[n-]1.C[n+]1ccccc1-c1nc(C(C)(C)C)n[n-]1.Cc1cc(-c2[c-]cc3c(c2)sc2ccccc23)nc2ccccc12.Cc1cc(-c2[c-]cc3c(c2)sc2ccccc23)nc2ccccc12.Cc1cc(-c2[c-]cc3c(c2)sc2ccccc23)nc2ccccc12.Cc1n[n-]c(-c2cccc[n+]2C)n1.[Ir].[Ir].[Ir]. The molecule has 0 saturated carbocycles. The minimum absolute atomic E-state index is 0. The van der Waals surface area contributed by atoms with Crippen molar-refractivity contribution in [3.8, 4) is 79.7 Å². The molecule has 0 amide bonds. The van der Waals surface area contributed by atoms with Crippen LogP contribution in [0.1, 0.15) is 49.1 Å². The Kier molecular flexibility index (Phi) is 27.1. The number of nitrogens with zero attached hydrogens (tertiary/aromatic N) is 15. The molecule has 0 fully saturated rings. The molecule has 22 rings (SSSR count). The van der Waals surface area contributed by atoms with Crippen LogP contribution >= 0.6 is 34.0 Å². The predicted octanol–water partition coefficient (Wildman–Crippen LogP) is 22.2. The maximum atomic E-state index is 4.84. The Bertz CT molecular complexity index is 6990. The number of benzene rings is 10. The Hall–Kier alpha value is -12.1. The standard InChI is InChI=1S/3C22H14NS.C14H12N4.C12H16N4.C9H10N4.3Ir/c3*1-14-12-20(23-19-8-4-2-6-16(14)19)15-10-11-18-17-7-3-5-9-21(17)24-22(18)13-15;1-18-10-6-5-9-12(18)14-15-13(16-17-14)11-7-3-2-4-8-11;1-12(2,3)11-13-10(14-15-11)9-7-5-6-8-16(9)4;1-7-10-9(12-11-7)8-5-3-4-6-13(8)2;;;/h3*2-9,11-13H,1H3;2-10H,1H3;5-8H,1-4H3;3-6H,1-2H3;;;/q3*-1;;;;;;. The molecule has 122 heavy (non-hydrogen) atoms. The summed E-state index contributed by atoms with van der Waals surface area (Å²) in [6.45, 7) is 14.5. The normalized spacial score (nSPS) is 11.0. The van der Waals surface area contributed by atoms with Crippen molar-refractivity contribution in [1.82, 2.24) is 60.5 Å². The summed E-state index contributed by atoms with van der Waals surface area (Å²) in [5.74, 6) is 4.17. The second-order valence-electron chi connectivity index (χ2n) is 30.0. The number of hydrogen-bond donors (Lipinski definition) is 0. The number of fused-ring (bicyclic) bond motifs is 12. The van der Waals surface area contributed by atoms with Crippen molar-refractivity contribution in [3.63, 3.8) is 0 Å². The van der Waals surface area contributed by atoms with Gasteiger partial charge in [-0.05, 0) is 152 Å². The van der Waals surface area contributed by atoms with Gasteiger partial charge in [-0.3, -0.25) is 30.2 Å². The van der Waals surface area contributed by atoms with Gasteiger partial charge in [-0.2, -0.15) is 34.0 Å². The zero-order valence-corrected chi connectivity index (χ0v) is 77.9. The molecule has 15 nitrogen and oxygen atoms in total. The molecule has 0 atom stereocenters. The molecule has 0 N–H and O–H groups in total. The van der Waals surface area contributed by atoms with Crippen LogP contribution in [0.2, 0.25) is 0 Å². The van der Waals surface area contributed by atoms with Crippen LogP contribution in [-0.2, 0) is 86.9 Å². The van der Waals surface area contributed by atoms with Gasteiger partial charge >= 0.3 is 0 Å². The summed E-state index contributed by atoms with van der Waals surface area (Å²) in [6, 6.07) is 108. The van der Waals surface area contributed by atoms with Crippen LogP contribution in [-0.4, -0.2) is 45.2 Å². The summed E-state index contributed by atoms with van der Waals surface area (Å²) in [5, 5.41) is 35.7. The molecule has 21 heteroatoms. The minimum atomic E-state index is -0.0569. The van der Waals surface area contributed by atoms with Crippen LogP contribution in [0, 0.1) is 45.9 Å². The zero-order chi connectivity index (χ0) is 81.7. The molecule has 607 valence electrons. The molecule has 0 aliphatic carbocycles. The van der Waals surface area contributed by atoms with Crippen molar-refractivity contribution >= 4 is 127 Å². The maximum absolute atomic E-state index is 4.84. The molecular formula is C101H80Ir3N15S3-3. The summed E-state index contributed by atoms with van der Waals surface area (Å²) >= 11 is 5.49. The summed E-state index contributed by atoms with van der Waals surface area (Å²) in [6.07, 6.45) is 5.90. The van der Waals surface area contributed by atoms with Crippen LogP contribution in [0.3, 0.4) is 0 Å². The van der Waals surface area contributed by atoms with E-state index in [1.54, 1.807) is 0 Å². The van der Waals surface area contributed by atoms with Crippen molar-refractivity contribution in [3.05, 3.63) is 350 Å². The fourth-order valence-corrected chi connectivity index (χ4v) is 17.7. The average molecular weight is 2180 g/mol. The molecule has 22 aromatic rings. The van der Waals surface area contributed by atoms with Gasteiger partial charge in [0.2, 0.25) is 17.1 Å². The number of pyridine rings is 6. The molecule has 3 radical (unpaired) electrons. The first-order valence-electron chi connectivity index (χ1n) is 39.1.